The number of ether oxygens (including phenoxy) is 1. The predicted octanol–water partition coefficient (Wildman–Crippen LogP) is 5.90. The van der Waals surface area contributed by atoms with E-state index in [0.717, 1.165) is 11.3 Å². The van der Waals surface area contributed by atoms with E-state index in [1.165, 1.54) is 17.3 Å². The van der Waals surface area contributed by atoms with Crippen molar-refractivity contribution < 1.29 is 4.74 Å². The minimum atomic E-state index is -0.261. The first-order chi connectivity index (χ1) is 13.7. The van der Waals surface area contributed by atoms with Crippen LogP contribution in [0.3, 0.4) is 0 Å². The summed E-state index contributed by atoms with van der Waals surface area (Å²) in [4.78, 5) is 0. The van der Waals surface area contributed by atoms with Crippen LogP contribution in [-0.2, 0) is 5.41 Å². The number of nitrogens with zero attached hydrogens (tertiary/aromatic N) is 4. The van der Waals surface area contributed by atoms with E-state index < -0.39 is 0 Å². The second-order valence-corrected chi connectivity index (χ2v) is 9.39. The number of hydrogen-bond donors (Lipinski definition) is 0. The van der Waals surface area contributed by atoms with Crippen LogP contribution >= 0.6 is 23.4 Å². The summed E-state index contributed by atoms with van der Waals surface area (Å²) in [7, 11) is 1.58. The van der Waals surface area contributed by atoms with E-state index in [2.05, 4.69) is 49.2 Å². The summed E-state index contributed by atoms with van der Waals surface area (Å²) in [6.07, 6.45) is 0. The molecule has 1 heterocycles. The lowest BCUT2D eigenvalue weighted by Gasteiger charge is -2.19. The summed E-state index contributed by atoms with van der Waals surface area (Å²) in [6, 6.07) is 16.1. The van der Waals surface area contributed by atoms with Crippen LogP contribution in [0.15, 0.2) is 47.6 Å². The number of aromatic nitrogens is 3. The fraction of sp³-hybridized carbons (Fsp3) is 0.318. The van der Waals surface area contributed by atoms with E-state index in [-0.39, 0.29) is 10.7 Å². The quantitative estimate of drug-likeness (QED) is 0.475. The van der Waals surface area contributed by atoms with Crippen molar-refractivity contribution in [2.24, 2.45) is 0 Å². The first-order valence-corrected chi connectivity index (χ1v) is 10.5. The predicted molar refractivity (Wildman–Crippen MR) is 118 cm³/mol. The normalized spacial score (nSPS) is 12.4. The molecule has 0 radical (unpaired) electrons. The molecule has 0 aliphatic carbocycles. The molecule has 1 aromatic heterocycles. The Kier molecular flexibility index (Phi) is 6.21. The Morgan fingerprint density at radius 3 is 2.38 bits per heavy atom. The molecule has 29 heavy (non-hydrogen) atoms. The lowest BCUT2D eigenvalue weighted by molar-refractivity contribution is 0.415. The van der Waals surface area contributed by atoms with Crippen molar-refractivity contribution in [3.05, 3.63) is 53.1 Å². The first-order valence-electron chi connectivity index (χ1n) is 9.21. The lowest BCUT2D eigenvalue weighted by atomic mass is 9.87. The van der Waals surface area contributed by atoms with Crippen molar-refractivity contribution in [3.63, 3.8) is 0 Å². The molecule has 3 rings (SSSR count). The fourth-order valence-electron chi connectivity index (χ4n) is 2.86. The molecule has 0 saturated carbocycles. The smallest absolute Gasteiger partial charge is 0.197 e. The lowest BCUT2D eigenvalue weighted by Crippen LogP contribution is -2.10. The summed E-state index contributed by atoms with van der Waals surface area (Å²) >= 11 is 7.72. The Balaban J connectivity index is 2.13. The van der Waals surface area contributed by atoms with E-state index in [4.69, 9.17) is 16.3 Å². The van der Waals surface area contributed by atoms with Gasteiger partial charge < -0.3 is 4.74 Å². The zero-order valence-corrected chi connectivity index (χ0v) is 18.7. The van der Waals surface area contributed by atoms with Crippen LogP contribution in [0.25, 0.3) is 17.1 Å². The van der Waals surface area contributed by atoms with Crippen molar-refractivity contribution >= 4 is 23.4 Å². The molecule has 0 fully saturated rings. The maximum absolute atomic E-state index is 9.23. The van der Waals surface area contributed by atoms with Gasteiger partial charge in [0, 0.05) is 5.56 Å². The van der Waals surface area contributed by atoms with Crippen LogP contribution in [0, 0.1) is 11.3 Å². The molecule has 150 valence electrons. The highest BCUT2D eigenvalue weighted by atomic mass is 35.5. The number of rotatable bonds is 5. The molecule has 0 N–H and O–H groups in total. The third-order valence-corrected chi connectivity index (χ3v) is 5.73. The Labute approximate surface area is 180 Å². The van der Waals surface area contributed by atoms with Gasteiger partial charge in [-0.05, 0) is 36.1 Å². The molecule has 3 aromatic rings. The Morgan fingerprint density at radius 2 is 1.83 bits per heavy atom. The number of halogens is 1. The average Bonchev–Trinajstić information content (AvgIpc) is 3.10. The minimum absolute atomic E-state index is 0.0684. The van der Waals surface area contributed by atoms with Gasteiger partial charge in [-0.2, -0.15) is 5.26 Å². The van der Waals surface area contributed by atoms with Crippen molar-refractivity contribution in [2.45, 2.75) is 43.5 Å². The molecular formula is C22H23ClN4OS. The van der Waals surface area contributed by atoms with Gasteiger partial charge in [0.2, 0.25) is 0 Å². The van der Waals surface area contributed by atoms with Gasteiger partial charge in [-0.1, -0.05) is 68.4 Å². The van der Waals surface area contributed by atoms with Crippen LogP contribution in [0.5, 0.6) is 5.75 Å². The van der Waals surface area contributed by atoms with E-state index in [1.54, 1.807) is 7.11 Å². The monoisotopic (exact) mass is 426 g/mol. The van der Waals surface area contributed by atoms with Crippen LogP contribution < -0.4 is 4.74 Å². The van der Waals surface area contributed by atoms with Gasteiger partial charge in [0.25, 0.3) is 0 Å². The molecule has 0 saturated heterocycles. The summed E-state index contributed by atoms with van der Waals surface area (Å²) in [5.41, 5.74) is 3.06. The molecule has 1 atom stereocenters. The molecule has 0 amide bonds. The van der Waals surface area contributed by atoms with Gasteiger partial charge in [0.1, 0.15) is 5.75 Å². The van der Waals surface area contributed by atoms with Crippen molar-refractivity contribution in [2.75, 3.05) is 7.11 Å². The maximum atomic E-state index is 9.23. The first kappa shape index (κ1) is 21.2. The van der Waals surface area contributed by atoms with Gasteiger partial charge in [0.05, 0.1) is 29.1 Å². The fourth-order valence-corrected chi connectivity index (χ4v) is 3.87. The maximum Gasteiger partial charge on any atom is 0.197 e. The molecule has 0 unspecified atom stereocenters. The number of benzene rings is 2. The molecule has 7 heteroatoms. The van der Waals surface area contributed by atoms with Crippen LogP contribution in [0.4, 0.5) is 0 Å². The van der Waals surface area contributed by atoms with E-state index in [1.807, 2.05) is 41.8 Å². The zero-order chi connectivity index (χ0) is 21.2. The van der Waals surface area contributed by atoms with Gasteiger partial charge in [-0.3, -0.25) is 4.57 Å². The number of hydrogen-bond acceptors (Lipinski definition) is 5. The second kappa shape index (κ2) is 8.48. The Hall–Kier alpha value is -2.49. The van der Waals surface area contributed by atoms with Gasteiger partial charge in [-0.15, -0.1) is 10.2 Å². The van der Waals surface area contributed by atoms with Crippen molar-refractivity contribution in [1.29, 1.82) is 5.26 Å². The van der Waals surface area contributed by atoms with Gasteiger partial charge >= 0.3 is 0 Å². The Morgan fingerprint density at radius 1 is 1.14 bits per heavy atom. The highest BCUT2D eigenvalue weighted by Gasteiger charge is 2.20. The highest BCUT2D eigenvalue weighted by molar-refractivity contribution is 8.00. The summed E-state index contributed by atoms with van der Waals surface area (Å²) in [6.45, 7) is 8.38. The minimum Gasteiger partial charge on any atom is -0.495 e. The second-order valence-electron chi connectivity index (χ2n) is 7.68. The van der Waals surface area contributed by atoms with Crippen LogP contribution in [0.2, 0.25) is 5.02 Å². The molecule has 0 spiro atoms. The summed E-state index contributed by atoms with van der Waals surface area (Å²) in [5, 5.41) is 18.9. The van der Waals surface area contributed by atoms with Gasteiger partial charge in [0.15, 0.2) is 11.0 Å². The largest absolute Gasteiger partial charge is 0.495 e. The average molecular weight is 427 g/mol. The third-order valence-electron chi connectivity index (χ3n) is 4.50. The van der Waals surface area contributed by atoms with Crippen molar-refractivity contribution in [3.8, 4) is 28.9 Å². The van der Waals surface area contributed by atoms with Crippen LogP contribution in [-0.4, -0.2) is 27.1 Å². The molecule has 0 aliphatic rings. The number of nitriles is 1. The van der Waals surface area contributed by atoms with E-state index in [0.29, 0.717) is 21.8 Å². The topological polar surface area (TPSA) is 63.7 Å². The molecule has 0 bridgehead atoms. The number of methoxy groups -OCH3 is 1. The van der Waals surface area contributed by atoms with Crippen molar-refractivity contribution in [1.82, 2.24) is 14.8 Å². The Bertz CT molecular complexity index is 1050. The SMILES string of the molecule is COc1ccc(-n2c(S[C@H](C)C#N)nnc2-c2ccc(C(C)(C)C)cc2)cc1Cl. The van der Waals surface area contributed by atoms with E-state index in [9.17, 15) is 5.26 Å². The summed E-state index contributed by atoms with van der Waals surface area (Å²) < 4.78 is 7.20. The number of thioether (sulfide) groups is 1. The third kappa shape index (κ3) is 4.58. The van der Waals surface area contributed by atoms with Crippen LogP contribution in [0.1, 0.15) is 33.3 Å². The molecule has 0 aliphatic heterocycles. The molecular weight excluding hydrogens is 404 g/mol. The zero-order valence-electron chi connectivity index (χ0n) is 17.1. The van der Waals surface area contributed by atoms with E-state index >= 15 is 0 Å². The molecule has 2 aromatic carbocycles. The summed E-state index contributed by atoms with van der Waals surface area (Å²) in [5.74, 6) is 1.29. The highest BCUT2D eigenvalue weighted by Crippen LogP contribution is 2.34. The standard InChI is InChI=1S/C22H23ClN4OS/c1-14(13-24)29-21-26-25-20(15-6-8-16(9-7-15)22(2,3)4)27(21)17-10-11-19(28-5)18(23)12-17/h6-12,14H,1-5H3/t14-/m1/s1. The molecule has 5 nitrogen and oxygen atoms in total. The van der Waals surface area contributed by atoms with Gasteiger partial charge in [-0.25, -0.2) is 0 Å².